The fraction of sp³-hybridized carbons (Fsp3) is 0.500. The Balaban J connectivity index is 1.46. The van der Waals surface area contributed by atoms with E-state index in [0.717, 1.165) is 42.4 Å². The van der Waals surface area contributed by atoms with E-state index in [9.17, 15) is 17.6 Å². The van der Waals surface area contributed by atoms with Crippen LogP contribution in [0.5, 0.6) is 5.75 Å². The highest BCUT2D eigenvalue weighted by Crippen LogP contribution is 2.37. The molecular formula is C26H33FN2O5S. The molecular weight excluding hydrogens is 471 g/mol. The highest BCUT2D eigenvalue weighted by atomic mass is 32.2. The molecule has 2 N–H and O–H groups in total. The Morgan fingerprint density at radius 1 is 1.14 bits per heavy atom. The van der Waals surface area contributed by atoms with Crippen LogP contribution in [0, 0.1) is 11.7 Å². The van der Waals surface area contributed by atoms with Crippen LogP contribution in [0.4, 0.5) is 9.18 Å². The van der Waals surface area contributed by atoms with Crippen molar-refractivity contribution in [3.8, 4) is 5.75 Å². The van der Waals surface area contributed by atoms with E-state index >= 15 is 0 Å². The van der Waals surface area contributed by atoms with Crippen molar-refractivity contribution >= 4 is 16.1 Å². The maximum absolute atomic E-state index is 13.9. The number of nitrogens with one attached hydrogen (secondary N) is 2. The average molecular weight is 505 g/mol. The standard InChI is InChI=1S/C26H33FN2O5S/c1-2-33-26(30)29-25-11-9-20-8-10-22(34-13-12-28-35(31,32)17-18-6-7-18)16-23(20)24(25)15-19-4-3-5-21(27)14-19/h3-5,8,10,14,16,18,24-25,28H,2,6-7,9,11-13,15,17H2,1H3,(H,29,30). The van der Waals surface area contributed by atoms with Crippen LogP contribution in [0.25, 0.3) is 0 Å². The predicted molar refractivity (Wildman–Crippen MR) is 132 cm³/mol. The number of rotatable bonds is 11. The van der Waals surface area contributed by atoms with Gasteiger partial charge in [0.1, 0.15) is 18.2 Å². The first-order chi connectivity index (χ1) is 16.8. The van der Waals surface area contributed by atoms with Gasteiger partial charge in [0.2, 0.25) is 10.0 Å². The first-order valence-electron chi connectivity index (χ1n) is 12.2. The Labute approximate surface area is 206 Å². The lowest BCUT2D eigenvalue weighted by Gasteiger charge is -2.34. The Morgan fingerprint density at radius 3 is 2.71 bits per heavy atom. The largest absolute Gasteiger partial charge is 0.492 e. The third kappa shape index (κ3) is 7.41. The summed E-state index contributed by atoms with van der Waals surface area (Å²) in [6.45, 7) is 2.45. The van der Waals surface area contributed by atoms with Gasteiger partial charge in [0.25, 0.3) is 0 Å². The molecule has 190 valence electrons. The summed E-state index contributed by atoms with van der Waals surface area (Å²) >= 11 is 0. The molecule has 2 atom stereocenters. The minimum Gasteiger partial charge on any atom is -0.492 e. The minimum absolute atomic E-state index is 0.0921. The van der Waals surface area contributed by atoms with Crippen molar-refractivity contribution in [1.29, 1.82) is 0 Å². The number of carbonyl (C=O) groups excluding carboxylic acids is 1. The monoisotopic (exact) mass is 504 g/mol. The fourth-order valence-corrected chi connectivity index (χ4v) is 6.12. The van der Waals surface area contributed by atoms with Gasteiger partial charge in [0.05, 0.1) is 12.4 Å². The van der Waals surface area contributed by atoms with Crippen LogP contribution in [0.15, 0.2) is 42.5 Å². The first-order valence-corrected chi connectivity index (χ1v) is 13.9. The minimum atomic E-state index is -3.27. The zero-order valence-corrected chi connectivity index (χ0v) is 20.8. The highest BCUT2D eigenvalue weighted by molar-refractivity contribution is 7.89. The zero-order valence-electron chi connectivity index (χ0n) is 20.0. The number of sulfonamides is 1. The fourth-order valence-electron chi connectivity index (χ4n) is 4.65. The molecule has 9 heteroatoms. The highest BCUT2D eigenvalue weighted by Gasteiger charge is 2.32. The molecule has 0 bridgehead atoms. The molecule has 2 aliphatic rings. The van der Waals surface area contributed by atoms with E-state index in [1.807, 2.05) is 24.3 Å². The third-order valence-corrected chi connectivity index (χ3v) is 8.05. The van der Waals surface area contributed by atoms with Gasteiger partial charge in [-0.05, 0) is 85.9 Å². The normalized spacial score (nSPS) is 19.6. The van der Waals surface area contributed by atoms with Crippen LogP contribution in [0.1, 0.15) is 48.8 Å². The molecule has 0 aliphatic heterocycles. The quantitative estimate of drug-likeness (QED) is 0.453. The number of benzene rings is 2. The van der Waals surface area contributed by atoms with E-state index in [2.05, 4.69) is 10.0 Å². The zero-order chi connectivity index (χ0) is 24.8. The number of fused-ring (bicyclic) bond motifs is 1. The maximum atomic E-state index is 13.9. The summed E-state index contributed by atoms with van der Waals surface area (Å²) in [5.74, 6) is 0.717. The van der Waals surface area contributed by atoms with Gasteiger partial charge in [-0.2, -0.15) is 0 Å². The van der Waals surface area contributed by atoms with Gasteiger partial charge in [-0.3, -0.25) is 0 Å². The van der Waals surface area contributed by atoms with E-state index in [1.54, 1.807) is 13.0 Å². The third-order valence-electron chi connectivity index (χ3n) is 6.50. The lowest BCUT2D eigenvalue weighted by Crippen LogP contribution is -2.43. The van der Waals surface area contributed by atoms with E-state index in [4.69, 9.17) is 9.47 Å². The summed E-state index contributed by atoms with van der Waals surface area (Å²) in [5.41, 5.74) is 3.04. The molecule has 2 aromatic carbocycles. The smallest absolute Gasteiger partial charge is 0.407 e. The molecule has 1 amide bonds. The number of alkyl carbamates (subject to hydrolysis) is 1. The number of amides is 1. The van der Waals surface area contributed by atoms with Crippen molar-refractivity contribution in [2.45, 2.75) is 51.0 Å². The van der Waals surface area contributed by atoms with E-state index in [-0.39, 0.29) is 43.3 Å². The summed E-state index contributed by atoms with van der Waals surface area (Å²) in [7, 11) is -3.27. The molecule has 0 heterocycles. The summed E-state index contributed by atoms with van der Waals surface area (Å²) in [6.07, 6.45) is 3.58. The molecule has 7 nitrogen and oxygen atoms in total. The van der Waals surface area contributed by atoms with Crippen molar-refractivity contribution in [3.63, 3.8) is 0 Å². The number of hydrogen-bond donors (Lipinski definition) is 2. The van der Waals surface area contributed by atoms with Gasteiger partial charge >= 0.3 is 6.09 Å². The number of carbonyl (C=O) groups is 1. The number of ether oxygens (including phenoxy) is 2. The SMILES string of the molecule is CCOC(=O)NC1CCc2ccc(OCCNS(=O)(=O)CC3CC3)cc2C1Cc1cccc(F)c1. The Kier molecular flexibility index (Phi) is 8.28. The lowest BCUT2D eigenvalue weighted by molar-refractivity contribution is 0.144. The maximum Gasteiger partial charge on any atom is 0.407 e. The molecule has 2 aliphatic carbocycles. The van der Waals surface area contributed by atoms with Crippen molar-refractivity contribution in [1.82, 2.24) is 10.0 Å². The van der Waals surface area contributed by atoms with Gasteiger partial charge in [-0.15, -0.1) is 0 Å². The molecule has 2 aromatic rings. The molecule has 2 unspecified atom stereocenters. The lowest BCUT2D eigenvalue weighted by atomic mass is 9.76. The number of halogens is 1. The molecule has 0 saturated heterocycles. The molecule has 35 heavy (non-hydrogen) atoms. The second-order valence-electron chi connectivity index (χ2n) is 9.28. The van der Waals surface area contributed by atoms with Gasteiger partial charge in [0, 0.05) is 18.5 Å². The van der Waals surface area contributed by atoms with Crippen LogP contribution < -0.4 is 14.8 Å². The Hall–Kier alpha value is -2.65. The molecule has 0 radical (unpaired) electrons. The number of hydrogen-bond acceptors (Lipinski definition) is 5. The summed E-state index contributed by atoms with van der Waals surface area (Å²) in [5, 5.41) is 2.98. The van der Waals surface area contributed by atoms with Crippen molar-refractivity contribution in [2.24, 2.45) is 5.92 Å². The second kappa shape index (κ2) is 11.4. The van der Waals surface area contributed by atoms with Crippen LogP contribution in [-0.4, -0.2) is 46.1 Å². The average Bonchev–Trinajstić information content (AvgIpc) is 3.62. The van der Waals surface area contributed by atoms with Crippen LogP contribution >= 0.6 is 0 Å². The van der Waals surface area contributed by atoms with Gasteiger partial charge < -0.3 is 14.8 Å². The van der Waals surface area contributed by atoms with Gasteiger partial charge in [-0.1, -0.05) is 18.2 Å². The summed E-state index contributed by atoms with van der Waals surface area (Å²) < 4.78 is 51.5. The number of aryl methyl sites for hydroxylation is 1. The van der Waals surface area contributed by atoms with Crippen molar-refractivity contribution in [3.05, 3.63) is 65.0 Å². The topological polar surface area (TPSA) is 93.7 Å². The van der Waals surface area contributed by atoms with E-state index in [0.29, 0.717) is 18.1 Å². The van der Waals surface area contributed by atoms with Crippen LogP contribution in [0.3, 0.4) is 0 Å². The van der Waals surface area contributed by atoms with E-state index < -0.39 is 16.1 Å². The molecule has 1 fully saturated rings. The Morgan fingerprint density at radius 2 is 1.97 bits per heavy atom. The van der Waals surface area contributed by atoms with Gasteiger partial charge in [0.15, 0.2) is 0 Å². The molecule has 0 aromatic heterocycles. The van der Waals surface area contributed by atoms with Crippen molar-refractivity contribution in [2.75, 3.05) is 25.5 Å². The van der Waals surface area contributed by atoms with Gasteiger partial charge in [-0.25, -0.2) is 22.3 Å². The Bertz CT molecular complexity index is 1140. The second-order valence-corrected chi connectivity index (χ2v) is 11.1. The van der Waals surface area contributed by atoms with Crippen molar-refractivity contribution < 1.29 is 27.1 Å². The molecule has 1 saturated carbocycles. The molecule has 0 spiro atoms. The molecule has 4 rings (SSSR count). The van der Waals surface area contributed by atoms with Crippen LogP contribution in [-0.2, 0) is 27.6 Å². The summed E-state index contributed by atoms with van der Waals surface area (Å²) in [6, 6.07) is 12.2. The predicted octanol–water partition coefficient (Wildman–Crippen LogP) is 3.92. The van der Waals surface area contributed by atoms with E-state index in [1.165, 1.54) is 12.1 Å². The first kappa shape index (κ1) is 25.4. The van der Waals surface area contributed by atoms with Crippen LogP contribution in [0.2, 0.25) is 0 Å². The summed E-state index contributed by atoms with van der Waals surface area (Å²) in [4.78, 5) is 12.2.